The number of nitrogens with one attached hydrogen (secondary N) is 1. The lowest BCUT2D eigenvalue weighted by Gasteiger charge is -2.06. The van der Waals surface area contributed by atoms with Crippen LogP contribution in [0.25, 0.3) is 5.69 Å². The molecule has 0 atom stereocenters. The Morgan fingerprint density at radius 1 is 1.19 bits per heavy atom. The number of amides is 3. The van der Waals surface area contributed by atoms with Gasteiger partial charge in [0.25, 0.3) is 5.91 Å². The molecule has 0 aliphatic rings. The van der Waals surface area contributed by atoms with E-state index in [1.807, 2.05) is 24.3 Å². The van der Waals surface area contributed by atoms with Crippen molar-refractivity contribution in [1.29, 1.82) is 0 Å². The predicted octanol–water partition coefficient (Wildman–Crippen LogP) is 1.59. The number of carbonyl (C=O) groups is 2. The van der Waals surface area contributed by atoms with Crippen LogP contribution in [0.1, 0.15) is 35.8 Å². The Morgan fingerprint density at radius 2 is 1.81 bits per heavy atom. The van der Waals surface area contributed by atoms with E-state index in [0.29, 0.717) is 5.92 Å². The third kappa shape index (κ3) is 3.19. The minimum absolute atomic E-state index is 0.0401. The van der Waals surface area contributed by atoms with Gasteiger partial charge in [-0.2, -0.15) is 5.10 Å². The maximum Gasteiger partial charge on any atom is 0.316 e. The van der Waals surface area contributed by atoms with Crippen LogP contribution in [0.3, 0.4) is 0 Å². The van der Waals surface area contributed by atoms with Crippen molar-refractivity contribution in [1.82, 2.24) is 9.78 Å². The molecule has 0 aliphatic heterocycles. The van der Waals surface area contributed by atoms with Crippen molar-refractivity contribution in [3.8, 4) is 5.69 Å². The van der Waals surface area contributed by atoms with Crippen LogP contribution in [0.2, 0.25) is 0 Å². The van der Waals surface area contributed by atoms with E-state index in [-0.39, 0.29) is 11.4 Å². The molecule has 0 spiro atoms. The van der Waals surface area contributed by atoms with E-state index in [9.17, 15) is 9.59 Å². The van der Waals surface area contributed by atoms with Crippen LogP contribution in [0, 0.1) is 0 Å². The number of aromatic nitrogens is 2. The number of nitrogens with zero attached hydrogens (tertiary/aromatic N) is 2. The lowest BCUT2D eigenvalue weighted by atomic mass is 10.0. The van der Waals surface area contributed by atoms with Crippen molar-refractivity contribution < 1.29 is 9.59 Å². The fourth-order valence-electron chi connectivity index (χ4n) is 1.92. The number of hydrogen-bond donors (Lipinski definition) is 3. The van der Waals surface area contributed by atoms with Crippen molar-refractivity contribution in [3.05, 3.63) is 41.7 Å². The molecule has 7 nitrogen and oxygen atoms in total. The van der Waals surface area contributed by atoms with E-state index in [0.717, 1.165) is 5.69 Å². The van der Waals surface area contributed by atoms with E-state index >= 15 is 0 Å². The van der Waals surface area contributed by atoms with Crippen molar-refractivity contribution in [2.75, 3.05) is 5.32 Å². The Hall–Kier alpha value is -2.83. The minimum Gasteiger partial charge on any atom is -0.364 e. The Balaban J connectivity index is 2.39. The zero-order chi connectivity index (χ0) is 15.6. The predicted molar refractivity (Wildman–Crippen MR) is 79.4 cm³/mol. The van der Waals surface area contributed by atoms with Crippen molar-refractivity contribution >= 4 is 17.6 Å². The molecule has 110 valence electrons. The smallest absolute Gasteiger partial charge is 0.316 e. The van der Waals surface area contributed by atoms with Gasteiger partial charge in [0.1, 0.15) is 0 Å². The molecule has 0 unspecified atom stereocenters. The zero-order valence-electron chi connectivity index (χ0n) is 11.8. The highest BCUT2D eigenvalue weighted by Gasteiger charge is 2.16. The molecular weight excluding hydrogens is 270 g/mol. The Morgan fingerprint density at radius 3 is 2.29 bits per heavy atom. The summed E-state index contributed by atoms with van der Waals surface area (Å²) in [6, 6.07) is 6.93. The van der Waals surface area contributed by atoms with E-state index in [2.05, 4.69) is 24.3 Å². The van der Waals surface area contributed by atoms with E-state index in [1.165, 1.54) is 16.4 Å². The highest BCUT2D eigenvalue weighted by molar-refractivity contribution is 6.00. The van der Waals surface area contributed by atoms with E-state index in [1.54, 1.807) is 0 Å². The summed E-state index contributed by atoms with van der Waals surface area (Å²) in [4.78, 5) is 22.3. The van der Waals surface area contributed by atoms with Crippen molar-refractivity contribution in [2.45, 2.75) is 19.8 Å². The normalized spacial score (nSPS) is 10.6. The molecule has 0 saturated heterocycles. The molecule has 2 aromatic rings. The van der Waals surface area contributed by atoms with Crippen LogP contribution in [-0.4, -0.2) is 21.7 Å². The highest BCUT2D eigenvalue weighted by atomic mass is 16.2. The molecule has 7 heteroatoms. The van der Waals surface area contributed by atoms with Crippen LogP contribution in [0.15, 0.2) is 30.5 Å². The topological polar surface area (TPSA) is 116 Å². The lowest BCUT2D eigenvalue weighted by molar-refractivity contribution is 0.0996. The van der Waals surface area contributed by atoms with Gasteiger partial charge >= 0.3 is 6.03 Å². The van der Waals surface area contributed by atoms with Gasteiger partial charge in [0, 0.05) is 0 Å². The summed E-state index contributed by atoms with van der Waals surface area (Å²) >= 11 is 0. The van der Waals surface area contributed by atoms with Crippen molar-refractivity contribution in [2.24, 2.45) is 11.5 Å². The summed E-state index contributed by atoms with van der Waals surface area (Å²) in [5, 5.41) is 6.41. The Labute approximate surface area is 121 Å². The standard InChI is InChI=1S/C14H17N5O2/c1-8(2)9-3-5-10(6-4-9)19-7-11(17-14(16)21)12(18-19)13(15)20/h3-8H,1-2H3,(H2,15,20)(H3,16,17,21). The van der Waals surface area contributed by atoms with Gasteiger partial charge in [-0.25, -0.2) is 9.48 Å². The number of urea groups is 1. The van der Waals surface area contributed by atoms with Crippen LogP contribution >= 0.6 is 0 Å². The van der Waals surface area contributed by atoms with Gasteiger partial charge in [0.15, 0.2) is 5.69 Å². The number of rotatable bonds is 4. The molecule has 1 heterocycles. The first kappa shape index (κ1) is 14.6. The van der Waals surface area contributed by atoms with Crippen molar-refractivity contribution in [3.63, 3.8) is 0 Å². The van der Waals surface area contributed by atoms with E-state index in [4.69, 9.17) is 11.5 Å². The van der Waals surface area contributed by atoms with Crippen LogP contribution in [0.5, 0.6) is 0 Å². The molecule has 1 aromatic carbocycles. The first-order valence-electron chi connectivity index (χ1n) is 6.44. The highest BCUT2D eigenvalue weighted by Crippen LogP contribution is 2.20. The maximum absolute atomic E-state index is 11.3. The molecule has 0 saturated carbocycles. The summed E-state index contributed by atoms with van der Waals surface area (Å²) in [5.41, 5.74) is 12.4. The average Bonchev–Trinajstić information content (AvgIpc) is 2.82. The second kappa shape index (κ2) is 5.66. The van der Waals surface area contributed by atoms with Gasteiger partial charge in [-0.05, 0) is 23.6 Å². The average molecular weight is 287 g/mol. The second-order valence-corrected chi connectivity index (χ2v) is 4.94. The number of anilines is 1. The molecule has 3 amide bonds. The van der Waals surface area contributed by atoms with Crippen LogP contribution < -0.4 is 16.8 Å². The maximum atomic E-state index is 11.3. The van der Waals surface area contributed by atoms with Gasteiger partial charge in [0.2, 0.25) is 0 Å². The summed E-state index contributed by atoms with van der Waals surface area (Å²) in [6.45, 7) is 4.20. The Bertz CT molecular complexity index is 673. The summed E-state index contributed by atoms with van der Waals surface area (Å²) in [7, 11) is 0. The van der Waals surface area contributed by atoms with E-state index < -0.39 is 11.9 Å². The van der Waals surface area contributed by atoms with Gasteiger partial charge in [-0.3, -0.25) is 4.79 Å². The molecule has 0 radical (unpaired) electrons. The number of benzene rings is 1. The fourth-order valence-corrected chi connectivity index (χ4v) is 1.92. The number of nitrogens with two attached hydrogens (primary N) is 2. The summed E-state index contributed by atoms with van der Waals surface area (Å²) in [5.74, 6) is -0.318. The quantitative estimate of drug-likeness (QED) is 0.792. The molecule has 21 heavy (non-hydrogen) atoms. The monoisotopic (exact) mass is 287 g/mol. The molecule has 2 rings (SSSR count). The summed E-state index contributed by atoms with van der Waals surface area (Å²) in [6.07, 6.45) is 1.50. The third-order valence-corrected chi connectivity index (χ3v) is 3.03. The molecular formula is C14H17N5O2. The Kier molecular flexibility index (Phi) is 3.93. The number of carbonyl (C=O) groups excluding carboxylic acids is 2. The van der Waals surface area contributed by atoms with Crippen LogP contribution in [-0.2, 0) is 0 Å². The third-order valence-electron chi connectivity index (χ3n) is 3.03. The largest absolute Gasteiger partial charge is 0.364 e. The van der Waals surface area contributed by atoms with Gasteiger partial charge in [-0.1, -0.05) is 26.0 Å². The minimum atomic E-state index is -0.785. The molecule has 5 N–H and O–H groups in total. The second-order valence-electron chi connectivity index (χ2n) is 4.94. The fraction of sp³-hybridized carbons (Fsp3) is 0.214. The molecule has 0 fully saturated rings. The zero-order valence-corrected chi connectivity index (χ0v) is 11.8. The van der Waals surface area contributed by atoms with Crippen LogP contribution in [0.4, 0.5) is 10.5 Å². The molecule has 0 aliphatic carbocycles. The first-order chi connectivity index (χ1) is 9.88. The SMILES string of the molecule is CC(C)c1ccc(-n2cc(NC(N)=O)c(C(N)=O)n2)cc1. The molecule has 0 bridgehead atoms. The number of hydrogen-bond acceptors (Lipinski definition) is 3. The van der Waals surface area contributed by atoms with Gasteiger partial charge in [-0.15, -0.1) is 0 Å². The van der Waals surface area contributed by atoms with Gasteiger partial charge < -0.3 is 16.8 Å². The van der Waals surface area contributed by atoms with Gasteiger partial charge in [0.05, 0.1) is 17.6 Å². The molecule has 1 aromatic heterocycles. The summed E-state index contributed by atoms with van der Waals surface area (Å²) < 4.78 is 1.47. The first-order valence-corrected chi connectivity index (χ1v) is 6.44. The number of primary amides is 2. The lowest BCUT2D eigenvalue weighted by Crippen LogP contribution is -2.22.